The highest BCUT2D eigenvalue weighted by Gasteiger charge is 2.18. The van der Waals surface area contributed by atoms with Crippen molar-refractivity contribution in [2.45, 2.75) is 52.0 Å². The van der Waals surface area contributed by atoms with E-state index in [0.29, 0.717) is 11.2 Å². The Balaban J connectivity index is 1.69. The second-order valence-corrected chi connectivity index (χ2v) is 6.69. The van der Waals surface area contributed by atoms with Crippen LogP contribution in [0.5, 0.6) is 0 Å². The standard InChI is InChI=1S/C18H24N4S/c1-13-7-6-10-16(14(13)2)20-18(23)21-17-11-12-19-22(17)15-8-4-3-5-9-15/h6-7,10-12,15H,3-5,8-9H2,1-2H3,(H2,20,21,23). The lowest BCUT2D eigenvalue weighted by atomic mass is 9.96. The zero-order valence-electron chi connectivity index (χ0n) is 13.8. The smallest absolute Gasteiger partial charge is 0.176 e. The topological polar surface area (TPSA) is 41.9 Å². The van der Waals surface area contributed by atoms with Gasteiger partial charge in [0.05, 0.1) is 12.2 Å². The van der Waals surface area contributed by atoms with Crippen LogP contribution in [0.15, 0.2) is 30.5 Å². The number of rotatable bonds is 3. The summed E-state index contributed by atoms with van der Waals surface area (Å²) >= 11 is 5.48. The summed E-state index contributed by atoms with van der Waals surface area (Å²) in [5, 5.41) is 11.7. The predicted molar refractivity (Wildman–Crippen MR) is 100 cm³/mol. The normalized spacial score (nSPS) is 15.4. The lowest BCUT2D eigenvalue weighted by Crippen LogP contribution is -2.24. The van der Waals surface area contributed by atoms with E-state index < -0.39 is 0 Å². The SMILES string of the molecule is Cc1cccc(NC(=S)Nc2ccnn2C2CCCCC2)c1C. The number of hydrogen-bond donors (Lipinski definition) is 2. The molecule has 1 aliphatic carbocycles. The summed E-state index contributed by atoms with van der Waals surface area (Å²) in [4.78, 5) is 0. The van der Waals surface area contributed by atoms with Gasteiger partial charge in [-0.3, -0.25) is 0 Å². The van der Waals surface area contributed by atoms with E-state index in [1.54, 1.807) is 0 Å². The van der Waals surface area contributed by atoms with Crippen molar-refractivity contribution in [2.24, 2.45) is 0 Å². The summed E-state index contributed by atoms with van der Waals surface area (Å²) in [6.07, 6.45) is 8.16. The molecular weight excluding hydrogens is 304 g/mol. The molecule has 1 saturated carbocycles. The van der Waals surface area contributed by atoms with Gasteiger partial charge in [0.2, 0.25) is 0 Å². The Morgan fingerprint density at radius 1 is 1.13 bits per heavy atom. The fourth-order valence-corrected chi connectivity index (χ4v) is 3.40. The Hall–Kier alpha value is -1.88. The molecule has 1 aromatic heterocycles. The first-order valence-corrected chi connectivity index (χ1v) is 8.73. The molecular formula is C18H24N4S. The van der Waals surface area contributed by atoms with Crippen LogP contribution in [0.1, 0.15) is 49.3 Å². The number of anilines is 2. The van der Waals surface area contributed by atoms with E-state index >= 15 is 0 Å². The molecule has 0 atom stereocenters. The molecule has 0 aliphatic heterocycles. The van der Waals surface area contributed by atoms with Crippen molar-refractivity contribution in [1.29, 1.82) is 0 Å². The molecule has 0 unspecified atom stereocenters. The van der Waals surface area contributed by atoms with Crippen molar-refractivity contribution in [3.05, 3.63) is 41.6 Å². The predicted octanol–water partition coefficient (Wildman–Crippen LogP) is 4.81. The zero-order valence-corrected chi connectivity index (χ0v) is 14.6. The van der Waals surface area contributed by atoms with E-state index in [9.17, 15) is 0 Å². The van der Waals surface area contributed by atoms with Gasteiger partial charge < -0.3 is 10.6 Å². The maximum Gasteiger partial charge on any atom is 0.176 e. The van der Waals surface area contributed by atoms with Gasteiger partial charge in [0.15, 0.2) is 5.11 Å². The number of nitrogens with one attached hydrogen (secondary N) is 2. The van der Waals surface area contributed by atoms with Crippen LogP contribution < -0.4 is 10.6 Å². The number of aryl methyl sites for hydroxylation is 1. The Morgan fingerprint density at radius 2 is 1.91 bits per heavy atom. The summed E-state index contributed by atoms with van der Waals surface area (Å²) in [5.41, 5.74) is 3.52. The molecule has 4 nitrogen and oxygen atoms in total. The molecule has 0 amide bonds. The highest BCUT2D eigenvalue weighted by Crippen LogP contribution is 2.30. The average molecular weight is 328 g/mol. The monoisotopic (exact) mass is 328 g/mol. The number of nitrogens with zero attached hydrogens (tertiary/aromatic N) is 2. The molecule has 0 radical (unpaired) electrons. The lowest BCUT2D eigenvalue weighted by Gasteiger charge is -2.24. The van der Waals surface area contributed by atoms with Crippen molar-refractivity contribution in [2.75, 3.05) is 10.6 Å². The van der Waals surface area contributed by atoms with Crippen LogP contribution in [-0.2, 0) is 0 Å². The summed E-state index contributed by atoms with van der Waals surface area (Å²) < 4.78 is 2.09. The first-order chi connectivity index (χ1) is 11.1. The van der Waals surface area contributed by atoms with Gasteiger partial charge >= 0.3 is 0 Å². The Kier molecular flexibility index (Phi) is 4.96. The second kappa shape index (κ2) is 7.13. The Bertz CT molecular complexity index is 686. The van der Waals surface area contributed by atoms with Gasteiger partial charge in [-0.2, -0.15) is 5.10 Å². The first kappa shape index (κ1) is 16.0. The van der Waals surface area contributed by atoms with E-state index in [2.05, 4.69) is 46.4 Å². The molecule has 122 valence electrons. The molecule has 2 aromatic rings. The molecule has 1 heterocycles. The highest BCUT2D eigenvalue weighted by atomic mass is 32.1. The van der Waals surface area contributed by atoms with Crippen molar-refractivity contribution >= 4 is 28.8 Å². The van der Waals surface area contributed by atoms with Gasteiger partial charge in [0.25, 0.3) is 0 Å². The molecule has 1 aromatic carbocycles. The van der Waals surface area contributed by atoms with Crippen LogP contribution in [0.2, 0.25) is 0 Å². The van der Waals surface area contributed by atoms with Crippen LogP contribution in [0.3, 0.4) is 0 Å². The maximum atomic E-state index is 5.48. The van der Waals surface area contributed by atoms with Gasteiger partial charge in [-0.25, -0.2) is 4.68 Å². The number of aromatic nitrogens is 2. The van der Waals surface area contributed by atoms with E-state index in [4.69, 9.17) is 12.2 Å². The van der Waals surface area contributed by atoms with Gasteiger partial charge in [0, 0.05) is 11.8 Å². The molecule has 5 heteroatoms. The molecule has 1 fully saturated rings. The van der Waals surface area contributed by atoms with Crippen LogP contribution >= 0.6 is 12.2 Å². The van der Waals surface area contributed by atoms with Crippen molar-refractivity contribution in [3.8, 4) is 0 Å². The van der Waals surface area contributed by atoms with E-state index in [1.807, 2.05) is 18.3 Å². The molecule has 0 spiro atoms. The Morgan fingerprint density at radius 3 is 2.70 bits per heavy atom. The minimum Gasteiger partial charge on any atom is -0.332 e. The summed E-state index contributed by atoms with van der Waals surface area (Å²) in [6.45, 7) is 4.21. The highest BCUT2D eigenvalue weighted by molar-refractivity contribution is 7.80. The number of benzene rings is 1. The van der Waals surface area contributed by atoms with Crippen molar-refractivity contribution in [1.82, 2.24) is 9.78 Å². The summed E-state index contributed by atoms with van der Waals surface area (Å²) in [7, 11) is 0. The third-order valence-electron chi connectivity index (χ3n) is 4.69. The number of thiocarbonyl (C=S) groups is 1. The largest absolute Gasteiger partial charge is 0.332 e. The van der Waals surface area contributed by atoms with Crippen molar-refractivity contribution < 1.29 is 0 Å². The fraction of sp³-hybridized carbons (Fsp3) is 0.444. The molecule has 0 bridgehead atoms. The third-order valence-corrected chi connectivity index (χ3v) is 4.89. The maximum absolute atomic E-state index is 5.48. The van der Waals surface area contributed by atoms with Crippen LogP contribution in [0.4, 0.5) is 11.5 Å². The van der Waals surface area contributed by atoms with Gasteiger partial charge in [-0.05, 0) is 56.1 Å². The molecule has 23 heavy (non-hydrogen) atoms. The lowest BCUT2D eigenvalue weighted by molar-refractivity contribution is 0.333. The molecule has 1 aliphatic rings. The Labute approximate surface area is 143 Å². The van der Waals surface area contributed by atoms with Crippen LogP contribution in [0, 0.1) is 13.8 Å². The van der Waals surface area contributed by atoms with Crippen molar-refractivity contribution in [3.63, 3.8) is 0 Å². The second-order valence-electron chi connectivity index (χ2n) is 6.28. The quantitative estimate of drug-likeness (QED) is 0.793. The van der Waals surface area contributed by atoms with Gasteiger partial charge in [-0.15, -0.1) is 0 Å². The third kappa shape index (κ3) is 3.72. The van der Waals surface area contributed by atoms with E-state index in [1.165, 1.54) is 43.2 Å². The van der Waals surface area contributed by atoms with Gasteiger partial charge in [0.1, 0.15) is 5.82 Å². The minimum absolute atomic E-state index is 0.491. The van der Waals surface area contributed by atoms with Gasteiger partial charge in [-0.1, -0.05) is 31.4 Å². The van der Waals surface area contributed by atoms with E-state index in [0.717, 1.165) is 11.5 Å². The minimum atomic E-state index is 0.491. The summed E-state index contributed by atoms with van der Waals surface area (Å²) in [6, 6.07) is 8.68. The fourth-order valence-electron chi connectivity index (χ4n) is 3.19. The zero-order chi connectivity index (χ0) is 16.2. The molecule has 2 N–H and O–H groups in total. The average Bonchev–Trinajstić information content (AvgIpc) is 3.00. The van der Waals surface area contributed by atoms with Crippen LogP contribution in [-0.4, -0.2) is 14.9 Å². The first-order valence-electron chi connectivity index (χ1n) is 8.33. The summed E-state index contributed by atoms with van der Waals surface area (Å²) in [5.74, 6) is 0.972. The van der Waals surface area contributed by atoms with E-state index in [-0.39, 0.29) is 0 Å². The number of hydrogen-bond acceptors (Lipinski definition) is 2. The van der Waals surface area contributed by atoms with Crippen LogP contribution in [0.25, 0.3) is 0 Å². The molecule has 3 rings (SSSR count). The molecule has 0 saturated heterocycles.